The van der Waals surface area contributed by atoms with E-state index in [1.807, 2.05) is 43.1 Å². The Kier molecular flexibility index (Phi) is 3.07. The molecule has 3 aromatic rings. The number of anilines is 2. The van der Waals surface area contributed by atoms with Crippen LogP contribution in [0.2, 0.25) is 0 Å². The molecular formula is C16H18N6O. The molecule has 0 spiro atoms. The molecule has 0 bridgehead atoms. The van der Waals surface area contributed by atoms with Crippen molar-refractivity contribution >= 4 is 11.8 Å². The number of fused-ring (bicyclic) bond motifs is 1. The minimum Gasteiger partial charge on any atom is -0.490 e. The maximum atomic E-state index is 5.75. The van der Waals surface area contributed by atoms with E-state index in [-0.39, 0.29) is 6.10 Å². The van der Waals surface area contributed by atoms with Crippen molar-refractivity contribution in [1.82, 2.24) is 24.5 Å². The molecule has 0 radical (unpaired) electrons. The Morgan fingerprint density at radius 3 is 2.87 bits per heavy atom. The summed E-state index contributed by atoms with van der Waals surface area (Å²) in [6, 6.07) is 8.05. The fourth-order valence-corrected chi connectivity index (χ4v) is 2.85. The van der Waals surface area contributed by atoms with E-state index in [9.17, 15) is 0 Å². The highest BCUT2D eigenvalue weighted by Gasteiger charge is 2.20. The summed E-state index contributed by atoms with van der Waals surface area (Å²) in [6.45, 7) is 2.08. The number of hydrogen-bond acceptors (Lipinski definition) is 5. The van der Waals surface area contributed by atoms with Crippen molar-refractivity contribution in [3.05, 3.63) is 36.0 Å². The highest BCUT2D eigenvalue weighted by molar-refractivity contribution is 5.62. The van der Waals surface area contributed by atoms with Gasteiger partial charge in [0, 0.05) is 38.3 Å². The second-order valence-corrected chi connectivity index (χ2v) is 5.86. The van der Waals surface area contributed by atoms with Crippen molar-refractivity contribution in [2.24, 2.45) is 14.1 Å². The summed E-state index contributed by atoms with van der Waals surface area (Å²) in [7, 11) is 3.81. The first-order chi connectivity index (χ1) is 11.1. The number of hydrogen-bond donors (Lipinski definition) is 1. The van der Waals surface area contributed by atoms with E-state index in [4.69, 9.17) is 4.74 Å². The molecule has 7 heteroatoms. The zero-order chi connectivity index (χ0) is 16.0. The van der Waals surface area contributed by atoms with Gasteiger partial charge in [0.2, 0.25) is 5.95 Å². The smallest absolute Gasteiger partial charge is 0.230 e. The van der Waals surface area contributed by atoms with E-state index < -0.39 is 0 Å². The van der Waals surface area contributed by atoms with Gasteiger partial charge in [0.15, 0.2) is 11.6 Å². The SMILES string of the molecule is CC1Cc2cc(-c3nnc(Nc4ccn(C)n4)n3C)ccc2O1. The number of aromatic nitrogens is 5. The molecule has 1 aliphatic rings. The zero-order valence-corrected chi connectivity index (χ0v) is 13.3. The third-order valence-electron chi connectivity index (χ3n) is 3.98. The van der Waals surface area contributed by atoms with Gasteiger partial charge in [-0.25, -0.2) is 0 Å². The van der Waals surface area contributed by atoms with Crippen LogP contribution in [0.1, 0.15) is 12.5 Å². The van der Waals surface area contributed by atoms with Crippen LogP contribution in [0.3, 0.4) is 0 Å². The average molecular weight is 310 g/mol. The minimum absolute atomic E-state index is 0.237. The van der Waals surface area contributed by atoms with Crippen molar-refractivity contribution < 1.29 is 4.74 Å². The van der Waals surface area contributed by atoms with Gasteiger partial charge in [0.1, 0.15) is 11.9 Å². The number of benzene rings is 1. The van der Waals surface area contributed by atoms with Crippen molar-refractivity contribution in [3.63, 3.8) is 0 Å². The Labute approximate surface area is 133 Å². The minimum atomic E-state index is 0.237. The van der Waals surface area contributed by atoms with Crippen LogP contribution in [0.25, 0.3) is 11.4 Å². The fourth-order valence-electron chi connectivity index (χ4n) is 2.85. The molecule has 1 atom stereocenters. The third kappa shape index (κ3) is 2.44. The van der Waals surface area contributed by atoms with Crippen LogP contribution < -0.4 is 10.1 Å². The molecule has 1 N–H and O–H groups in total. The van der Waals surface area contributed by atoms with Crippen molar-refractivity contribution in [3.8, 4) is 17.1 Å². The molecule has 0 aliphatic carbocycles. The molecule has 0 amide bonds. The topological polar surface area (TPSA) is 69.8 Å². The van der Waals surface area contributed by atoms with Crippen molar-refractivity contribution in [2.45, 2.75) is 19.4 Å². The van der Waals surface area contributed by atoms with Gasteiger partial charge in [-0.2, -0.15) is 5.10 Å². The monoisotopic (exact) mass is 310 g/mol. The molecule has 0 fully saturated rings. The van der Waals surface area contributed by atoms with Crippen LogP contribution in [0.5, 0.6) is 5.75 Å². The summed E-state index contributed by atoms with van der Waals surface area (Å²) in [5, 5.41) is 16.0. The summed E-state index contributed by atoms with van der Waals surface area (Å²) in [5.74, 6) is 3.18. The lowest BCUT2D eigenvalue weighted by molar-refractivity contribution is 0.254. The molecule has 4 rings (SSSR count). The molecular weight excluding hydrogens is 292 g/mol. The first kappa shape index (κ1) is 13.8. The lowest BCUT2D eigenvalue weighted by Gasteiger charge is -2.06. The summed E-state index contributed by atoms with van der Waals surface area (Å²) in [4.78, 5) is 0. The Morgan fingerprint density at radius 1 is 1.22 bits per heavy atom. The second-order valence-electron chi connectivity index (χ2n) is 5.86. The van der Waals surface area contributed by atoms with Crippen LogP contribution >= 0.6 is 0 Å². The first-order valence-electron chi connectivity index (χ1n) is 7.56. The number of nitrogens with zero attached hydrogens (tertiary/aromatic N) is 5. The predicted octanol–water partition coefficient (Wildman–Crippen LogP) is 2.28. The Balaban J connectivity index is 1.64. The predicted molar refractivity (Wildman–Crippen MR) is 86.7 cm³/mol. The summed E-state index contributed by atoms with van der Waals surface area (Å²) in [6.07, 6.45) is 3.04. The number of nitrogens with one attached hydrogen (secondary N) is 1. The summed E-state index contributed by atoms with van der Waals surface area (Å²) in [5.41, 5.74) is 2.25. The summed E-state index contributed by atoms with van der Waals surface area (Å²) < 4.78 is 9.41. The lowest BCUT2D eigenvalue weighted by Crippen LogP contribution is -2.05. The van der Waals surface area contributed by atoms with E-state index in [0.29, 0.717) is 5.95 Å². The molecule has 7 nitrogen and oxygen atoms in total. The van der Waals surface area contributed by atoms with Crippen LogP contribution in [-0.4, -0.2) is 30.6 Å². The van der Waals surface area contributed by atoms with Gasteiger partial charge in [-0.05, 0) is 30.7 Å². The maximum Gasteiger partial charge on any atom is 0.230 e. The zero-order valence-electron chi connectivity index (χ0n) is 13.3. The Bertz CT molecular complexity index is 865. The quantitative estimate of drug-likeness (QED) is 0.803. The molecule has 0 saturated carbocycles. The maximum absolute atomic E-state index is 5.75. The normalized spacial score (nSPS) is 16.2. The van der Waals surface area contributed by atoms with Crippen molar-refractivity contribution in [1.29, 1.82) is 0 Å². The molecule has 1 aromatic carbocycles. The molecule has 1 unspecified atom stereocenters. The largest absolute Gasteiger partial charge is 0.490 e. The molecule has 23 heavy (non-hydrogen) atoms. The van der Waals surface area contributed by atoms with Gasteiger partial charge in [-0.1, -0.05) is 0 Å². The van der Waals surface area contributed by atoms with Crippen LogP contribution in [0, 0.1) is 0 Å². The van der Waals surface area contributed by atoms with Crippen molar-refractivity contribution in [2.75, 3.05) is 5.32 Å². The Morgan fingerprint density at radius 2 is 2.09 bits per heavy atom. The first-order valence-corrected chi connectivity index (χ1v) is 7.56. The fraction of sp³-hybridized carbons (Fsp3) is 0.312. The van der Waals surface area contributed by atoms with E-state index in [1.54, 1.807) is 4.68 Å². The molecule has 1 aliphatic heterocycles. The Hall–Kier alpha value is -2.83. The lowest BCUT2D eigenvalue weighted by atomic mass is 10.1. The highest BCUT2D eigenvalue weighted by atomic mass is 16.5. The standard InChI is InChI=1S/C16H18N6O/c1-10-8-12-9-11(4-5-13(12)23-10)15-18-19-16(22(15)3)17-14-6-7-21(2)20-14/h4-7,9-10H,8H2,1-3H3,(H,17,19,20). The van der Waals surface area contributed by atoms with Crippen LogP contribution in [-0.2, 0) is 20.5 Å². The van der Waals surface area contributed by atoms with E-state index in [2.05, 4.69) is 33.6 Å². The van der Waals surface area contributed by atoms with Gasteiger partial charge < -0.3 is 10.1 Å². The average Bonchev–Trinajstić information content (AvgIpc) is 3.18. The van der Waals surface area contributed by atoms with Crippen LogP contribution in [0.4, 0.5) is 11.8 Å². The van der Waals surface area contributed by atoms with E-state index in [1.165, 1.54) is 5.56 Å². The van der Waals surface area contributed by atoms with Crippen LogP contribution in [0.15, 0.2) is 30.5 Å². The number of ether oxygens (including phenoxy) is 1. The molecule has 2 aromatic heterocycles. The second kappa shape index (κ2) is 5.12. The summed E-state index contributed by atoms with van der Waals surface area (Å²) >= 11 is 0. The number of aryl methyl sites for hydroxylation is 1. The number of rotatable bonds is 3. The van der Waals surface area contributed by atoms with Gasteiger partial charge in [-0.15, -0.1) is 10.2 Å². The molecule has 118 valence electrons. The van der Waals surface area contributed by atoms with Gasteiger partial charge in [0.05, 0.1) is 0 Å². The van der Waals surface area contributed by atoms with Gasteiger partial charge in [0.25, 0.3) is 0 Å². The molecule has 0 saturated heterocycles. The van der Waals surface area contributed by atoms with E-state index in [0.717, 1.165) is 29.4 Å². The van der Waals surface area contributed by atoms with Gasteiger partial charge in [-0.3, -0.25) is 9.25 Å². The van der Waals surface area contributed by atoms with E-state index >= 15 is 0 Å². The highest BCUT2D eigenvalue weighted by Crippen LogP contribution is 2.32. The third-order valence-corrected chi connectivity index (χ3v) is 3.98. The molecule has 3 heterocycles. The van der Waals surface area contributed by atoms with Gasteiger partial charge >= 0.3 is 0 Å².